The van der Waals surface area contributed by atoms with Crippen LogP contribution in [0.25, 0.3) is 5.82 Å². The van der Waals surface area contributed by atoms with Gasteiger partial charge in [-0.25, -0.2) is 9.48 Å². The van der Waals surface area contributed by atoms with Gasteiger partial charge in [-0.15, -0.1) is 10.2 Å². The molecule has 0 aliphatic carbocycles. The Kier molecular flexibility index (Phi) is 5.43. The molecule has 0 atom stereocenters. The highest BCUT2D eigenvalue weighted by Gasteiger charge is 2.04. The molecule has 2 heterocycles. The number of hydrogen-bond acceptors (Lipinski definition) is 5. The number of carbonyl (C=O) groups is 1. The maximum atomic E-state index is 11.8. The van der Waals surface area contributed by atoms with Crippen LogP contribution in [0.15, 0.2) is 54.9 Å². The minimum absolute atomic E-state index is 0.324. The van der Waals surface area contributed by atoms with Crippen LogP contribution in [0.1, 0.15) is 0 Å². The van der Waals surface area contributed by atoms with Gasteiger partial charge in [0.15, 0.2) is 5.82 Å². The van der Waals surface area contributed by atoms with Crippen molar-refractivity contribution in [2.45, 2.75) is 0 Å². The quantitative estimate of drug-likeness (QED) is 0.589. The number of aromatic nitrogens is 4. The van der Waals surface area contributed by atoms with E-state index in [0.717, 1.165) is 0 Å². The molecule has 0 aliphatic rings. The zero-order valence-corrected chi connectivity index (χ0v) is 13.9. The van der Waals surface area contributed by atoms with Crippen LogP contribution in [0, 0.1) is 0 Å². The summed E-state index contributed by atoms with van der Waals surface area (Å²) in [5.74, 6) is 1.25. The van der Waals surface area contributed by atoms with Gasteiger partial charge in [0.1, 0.15) is 5.82 Å². The Balaban J connectivity index is 1.41. The van der Waals surface area contributed by atoms with Gasteiger partial charge in [-0.1, -0.05) is 23.7 Å². The summed E-state index contributed by atoms with van der Waals surface area (Å²) in [6.07, 6.45) is 3.46. The van der Waals surface area contributed by atoms with Gasteiger partial charge in [0.2, 0.25) is 0 Å². The summed E-state index contributed by atoms with van der Waals surface area (Å²) in [5, 5.41) is 21.2. The van der Waals surface area contributed by atoms with Crippen LogP contribution in [-0.2, 0) is 0 Å². The first-order valence-corrected chi connectivity index (χ1v) is 7.97. The third-order valence-electron chi connectivity index (χ3n) is 3.23. The van der Waals surface area contributed by atoms with Gasteiger partial charge in [-0.05, 0) is 30.3 Å². The molecule has 0 bridgehead atoms. The van der Waals surface area contributed by atoms with Crippen molar-refractivity contribution >= 4 is 29.1 Å². The van der Waals surface area contributed by atoms with Gasteiger partial charge in [0.05, 0.1) is 10.7 Å². The van der Waals surface area contributed by atoms with Crippen molar-refractivity contribution in [1.29, 1.82) is 0 Å². The Labute approximate surface area is 149 Å². The highest BCUT2D eigenvalue weighted by atomic mass is 35.5. The second-order valence-electron chi connectivity index (χ2n) is 5.01. The summed E-state index contributed by atoms with van der Waals surface area (Å²) in [6.45, 7) is 0.921. The lowest BCUT2D eigenvalue weighted by atomic mass is 10.3. The van der Waals surface area contributed by atoms with Gasteiger partial charge in [-0.3, -0.25) is 0 Å². The third-order valence-corrected chi connectivity index (χ3v) is 3.56. The number of carbonyl (C=O) groups excluding carboxylic acids is 1. The van der Waals surface area contributed by atoms with Crippen molar-refractivity contribution in [3.05, 3.63) is 59.9 Å². The van der Waals surface area contributed by atoms with Crippen LogP contribution in [0.3, 0.4) is 0 Å². The predicted octanol–water partition coefficient (Wildman–Crippen LogP) is 2.55. The molecule has 0 unspecified atom stereocenters. The maximum absolute atomic E-state index is 11.8. The molecule has 128 valence electrons. The molecule has 3 rings (SSSR count). The topological polar surface area (TPSA) is 96.8 Å². The smallest absolute Gasteiger partial charge is 0.319 e. The molecule has 0 saturated heterocycles. The van der Waals surface area contributed by atoms with Crippen LogP contribution in [0.4, 0.5) is 16.3 Å². The fourth-order valence-corrected chi connectivity index (χ4v) is 2.22. The van der Waals surface area contributed by atoms with E-state index < -0.39 is 0 Å². The molecular weight excluding hydrogens is 342 g/mol. The molecule has 0 spiro atoms. The Bertz CT molecular complexity index is 821. The summed E-state index contributed by atoms with van der Waals surface area (Å²) < 4.78 is 1.62. The first kappa shape index (κ1) is 16.7. The van der Waals surface area contributed by atoms with E-state index in [1.807, 2.05) is 6.07 Å². The lowest BCUT2D eigenvalue weighted by molar-refractivity contribution is 0.252. The third kappa shape index (κ3) is 4.67. The Morgan fingerprint density at radius 1 is 1.08 bits per heavy atom. The summed E-state index contributed by atoms with van der Waals surface area (Å²) >= 11 is 5.98. The number of amides is 2. The molecule has 3 N–H and O–H groups in total. The zero-order chi connectivity index (χ0) is 17.5. The summed E-state index contributed by atoms with van der Waals surface area (Å²) in [4.78, 5) is 11.8. The molecule has 0 saturated carbocycles. The van der Waals surface area contributed by atoms with Crippen molar-refractivity contribution in [3.8, 4) is 5.82 Å². The lowest BCUT2D eigenvalue weighted by Gasteiger charge is -2.09. The molecule has 3 aromatic rings. The normalized spacial score (nSPS) is 10.3. The number of anilines is 2. The minimum Gasteiger partial charge on any atom is -0.367 e. The minimum atomic E-state index is -0.324. The Morgan fingerprint density at radius 3 is 2.68 bits per heavy atom. The van der Waals surface area contributed by atoms with E-state index in [-0.39, 0.29) is 6.03 Å². The molecule has 0 fully saturated rings. The average Bonchev–Trinajstić information content (AvgIpc) is 3.16. The molecule has 2 amide bonds. The molecule has 8 nitrogen and oxygen atoms in total. The molecule has 0 aliphatic heterocycles. The maximum Gasteiger partial charge on any atom is 0.319 e. The molecule has 25 heavy (non-hydrogen) atoms. The Morgan fingerprint density at radius 2 is 1.96 bits per heavy atom. The van der Waals surface area contributed by atoms with Crippen LogP contribution in [0.5, 0.6) is 0 Å². The summed E-state index contributed by atoms with van der Waals surface area (Å²) in [5.41, 5.74) is 0.565. The van der Waals surface area contributed by atoms with Crippen LogP contribution in [0.2, 0.25) is 5.02 Å². The van der Waals surface area contributed by atoms with Crippen molar-refractivity contribution in [2.24, 2.45) is 0 Å². The zero-order valence-electron chi connectivity index (χ0n) is 13.2. The number of nitrogens with one attached hydrogen (secondary N) is 3. The number of urea groups is 1. The van der Waals surface area contributed by atoms with E-state index >= 15 is 0 Å². The molecular formula is C16H16ClN7O. The monoisotopic (exact) mass is 357 g/mol. The van der Waals surface area contributed by atoms with Gasteiger partial charge >= 0.3 is 6.03 Å². The molecule has 2 aromatic heterocycles. The largest absolute Gasteiger partial charge is 0.367 e. The van der Waals surface area contributed by atoms with E-state index in [2.05, 4.69) is 31.2 Å². The lowest BCUT2D eigenvalue weighted by Crippen LogP contribution is -2.32. The molecule has 0 radical (unpaired) electrons. The second kappa shape index (κ2) is 8.11. The molecule has 9 heteroatoms. The SMILES string of the molecule is O=C(NCCNc1ccc(-n2cccn2)nn1)Nc1ccccc1Cl. The van der Waals surface area contributed by atoms with E-state index in [0.29, 0.717) is 35.4 Å². The number of rotatable bonds is 6. The number of benzene rings is 1. The van der Waals surface area contributed by atoms with Crippen LogP contribution >= 0.6 is 11.6 Å². The fourth-order valence-electron chi connectivity index (χ4n) is 2.04. The van der Waals surface area contributed by atoms with E-state index in [1.165, 1.54) is 0 Å². The summed E-state index contributed by atoms with van der Waals surface area (Å²) in [7, 11) is 0. The number of para-hydroxylation sites is 1. The van der Waals surface area contributed by atoms with E-state index in [9.17, 15) is 4.79 Å². The average molecular weight is 358 g/mol. The standard InChI is InChI=1S/C16H16ClN7O/c17-12-4-1-2-5-13(12)21-16(25)19-10-9-18-14-6-7-15(23-22-14)24-11-3-8-20-24/h1-8,11H,9-10H2,(H,18,22)(H2,19,21,25). The van der Waals surface area contributed by atoms with Gasteiger partial charge in [0.25, 0.3) is 0 Å². The predicted molar refractivity (Wildman–Crippen MR) is 96.1 cm³/mol. The van der Waals surface area contributed by atoms with Gasteiger partial charge in [0, 0.05) is 25.5 Å². The van der Waals surface area contributed by atoms with E-state index in [4.69, 9.17) is 11.6 Å². The van der Waals surface area contributed by atoms with Crippen molar-refractivity contribution in [1.82, 2.24) is 25.3 Å². The van der Waals surface area contributed by atoms with Gasteiger partial charge < -0.3 is 16.0 Å². The highest BCUT2D eigenvalue weighted by molar-refractivity contribution is 6.33. The van der Waals surface area contributed by atoms with Crippen molar-refractivity contribution in [3.63, 3.8) is 0 Å². The van der Waals surface area contributed by atoms with Crippen LogP contribution in [-0.4, -0.2) is 39.1 Å². The first-order valence-electron chi connectivity index (χ1n) is 7.59. The van der Waals surface area contributed by atoms with Crippen molar-refractivity contribution < 1.29 is 4.79 Å². The highest BCUT2D eigenvalue weighted by Crippen LogP contribution is 2.19. The molecule has 1 aromatic carbocycles. The first-order chi connectivity index (χ1) is 12.2. The number of nitrogens with zero attached hydrogens (tertiary/aromatic N) is 4. The fraction of sp³-hybridized carbons (Fsp3) is 0.125. The van der Waals surface area contributed by atoms with Crippen molar-refractivity contribution in [2.75, 3.05) is 23.7 Å². The van der Waals surface area contributed by atoms with Gasteiger partial charge in [-0.2, -0.15) is 5.10 Å². The summed E-state index contributed by atoms with van der Waals surface area (Å²) in [6, 6.07) is 12.1. The number of hydrogen-bond donors (Lipinski definition) is 3. The second-order valence-corrected chi connectivity index (χ2v) is 5.42. The van der Waals surface area contributed by atoms with E-state index in [1.54, 1.807) is 53.5 Å². The number of halogens is 1. The Hall–Kier alpha value is -3.13. The van der Waals surface area contributed by atoms with Crippen LogP contribution < -0.4 is 16.0 Å².